The molecule has 2 aliphatic rings. The van der Waals surface area contributed by atoms with Crippen LogP contribution in [0.15, 0.2) is 10.5 Å². The Bertz CT molecular complexity index is 673. The molecule has 1 heterocycles. The standard InChI is InChI=1S/C19H28N2O4/c1-10-7-13-14(8-19(3,4)9-15(13)25-10)20-18(24)16(11(2)22)21-17(23)12-5-6-12/h7,11-12,14,16,22H,5-6,8-9H2,1-4H3,(H,20,24)(H,21,23). The van der Waals surface area contributed by atoms with E-state index in [9.17, 15) is 14.7 Å². The highest BCUT2D eigenvalue weighted by Crippen LogP contribution is 2.42. The fraction of sp³-hybridized carbons (Fsp3) is 0.684. The Labute approximate surface area is 148 Å². The third-order valence-electron chi connectivity index (χ3n) is 5.06. The van der Waals surface area contributed by atoms with Gasteiger partial charge in [-0.2, -0.15) is 0 Å². The van der Waals surface area contributed by atoms with Crippen LogP contribution in [0.25, 0.3) is 0 Å². The number of rotatable bonds is 5. The normalized spacial score (nSPS) is 24.1. The van der Waals surface area contributed by atoms with E-state index in [0.29, 0.717) is 0 Å². The number of hydrogen-bond acceptors (Lipinski definition) is 4. The summed E-state index contributed by atoms with van der Waals surface area (Å²) in [6.45, 7) is 7.72. The Morgan fingerprint density at radius 2 is 2.04 bits per heavy atom. The fourth-order valence-electron chi connectivity index (χ4n) is 3.60. The second-order valence-corrected chi connectivity index (χ2v) is 8.34. The minimum Gasteiger partial charge on any atom is -0.466 e. The van der Waals surface area contributed by atoms with E-state index in [4.69, 9.17) is 4.42 Å². The van der Waals surface area contributed by atoms with E-state index < -0.39 is 12.1 Å². The van der Waals surface area contributed by atoms with Crippen molar-refractivity contribution in [1.29, 1.82) is 0 Å². The summed E-state index contributed by atoms with van der Waals surface area (Å²) in [6, 6.07) is 0.854. The lowest BCUT2D eigenvalue weighted by atomic mass is 9.74. The van der Waals surface area contributed by atoms with Gasteiger partial charge in [0.1, 0.15) is 17.6 Å². The summed E-state index contributed by atoms with van der Waals surface area (Å²) in [7, 11) is 0. The van der Waals surface area contributed by atoms with Crippen LogP contribution in [0, 0.1) is 18.3 Å². The third kappa shape index (κ3) is 4.06. The number of nitrogens with one attached hydrogen (secondary N) is 2. The van der Waals surface area contributed by atoms with Gasteiger partial charge in [-0.15, -0.1) is 0 Å². The quantitative estimate of drug-likeness (QED) is 0.759. The van der Waals surface area contributed by atoms with Crippen molar-refractivity contribution in [2.45, 2.75) is 71.6 Å². The Morgan fingerprint density at radius 1 is 1.36 bits per heavy atom. The van der Waals surface area contributed by atoms with Gasteiger partial charge in [0.15, 0.2) is 0 Å². The molecule has 1 fully saturated rings. The second-order valence-electron chi connectivity index (χ2n) is 8.34. The first-order chi connectivity index (χ1) is 11.7. The molecule has 1 aromatic heterocycles. The molecule has 0 saturated heterocycles. The van der Waals surface area contributed by atoms with Crippen molar-refractivity contribution >= 4 is 11.8 Å². The average Bonchev–Trinajstić information content (AvgIpc) is 3.26. The lowest BCUT2D eigenvalue weighted by Gasteiger charge is -2.35. The number of carbonyl (C=O) groups is 2. The largest absolute Gasteiger partial charge is 0.466 e. The molecule has 138 valence electrons. The number of hydrogen-bond donors (Lipinski definition) is 3. The van der Waals surface area contributed by atoms with Gasteiger partial charge in [0.25, 0.3) is 0 Å². The minimum absolute atomic E-state index is 0.00677. The number of aliphatic hydroxyl groups is 1. The summed E-state index contributed by atoms with van der Waals surface area (Å²) in [6.07, 6.45) is 2.38. The number of fused-ring (bicyclic) bond motifs is 1. The lowest BCUT2D eigenvalue weighted by molar-refractivity contribution is -0.132. The van der Waals surface area contributed by atoms with Crippen molar-refractivity contribution in [2.75, 3.05) is 0 Å². The molecule has 0 aliphatic heterocycles. The van der Waals surface area contributed by atoms with E-state index in [1.54, 1.807) is 0 Å². The van der Waals surface area contributed by atoms with Gasteiger partial charge in [0.05, 0.1) is 12.1 Å². The van der Waals surface area contributed by atoms with Crippen molar-refractivity contribution in [3.8, 4) is 0 Å². The predicted octanol–water partition coefficient (Wildman–Crippen LogP) is 1.99. The van der Waals surface area contributed by atoms with Crippen molar-refractivity contribution in [3.63, 3.8) is 0 Å². The topological polar surface area (TPSA) is 91.6 Å². The highest BCUT2D eigenvalue weighted by molar-refractivity contribution is 5.90. The van der Waals surface area contributed by atoms with Crippen molar-refractivity contribution < 1.29 is 19.1 Å². The van der Waals surface area contributed by atoms with E-state index in [2.05, 4.69) is 24.5 Å². The van der Waals surface area contributed by atoms with Crippen LogP contribution in [-0.2, 0) is 16.0 Å². The molecule has 3 rings (SSSR count). The van der Waals surface area contributed by atoms with Crippen molar-refractivity contribution in [3.05, 3.63) is 23.2 Å². The van der Waals surface area contributed by atoms with Crippen LogP contribution in [0.1, 0.15) is 63.2 Å². The minimum atomic E-state index is -0.954. The Hall–Kier alpha value is -1.82. The molecule has 6 heteroatoms. The smallest absolute Gasteiger partial charge is 0.245 e. The molecule has 2 amide bonds. The molecule has 6 nitrogen and oxygen atoms in total. The first-order valence-corrected chi connectivity index (χ1v) is 9.04. The highest BCUT2D eigenvalue weighted by atomic mass is 16.3. The molecule has 3 unspecified atom stereocenters. The average molecular weight is 348 g/mol. The molecular weight excluding hydrogens is 320 g/mol. The maximum atomic E-state index is 12.7. The Kier molecular flexibility index (Phi) is 4.66. The number of aryl methyl sites for hydroxylation is 1. The first kappa shape index (κ1) is 18.0. The molecule has 2 aliphatic carbocycles. The zero-order chi connectivity index (χ0) is 18.4. The van der Waals surface area contributed by atoms with Crippen LogP contribution in [0.3, 0.4) is 0 Å². The fourth-order valence-corrected chi connectivity index (χ4v) is 3.60. The highest BCUT2D eigenvalue weighted by Gasteiger charge is 2.38. The second kappa shape index (κ2) is 6.48. The monoisotopic (exact) mass is 348 g/mol. The summed E-state index contributed by atoms with van der Waals surface area (Å²) >= 11 is 0. The van der Waals surface area contributed by atoms with E-state index in [-0.39, 0.29) is 29.2 Å². The van der Waals surface area contributed by atoms with Gasteiger partial charge >= 0.3 is 0 Å². The first-order valence-electron chi connectivity index (χ1n) is 9.04. The molecule has 1 saturated carbocycles. The number of carbonyl (C=O) groups excluding carboxylic acids is 2. The van der Waals surface area contributed by atoms with Gasteiger partial charge in [-0.25, -0.2) is 0 Å². The maximum absolute atomic E-state index is 12.7. The molecule has 1 aromatic rings. The zero-order valence-corrected chi connectivity index (χ0v) is 15.4. The molecule has 3 atom stereocenters. The van der Waals surface area contributed by atoms with Crippen LogP contribution < -0.4 is 10.6 Å². The molecule has 0 spiro atoms. The number of aliphatic hydroxyl groups excluding tert-OH is 1. The SMILES string of the molecule is Cc1cc2c(o1)CC(C)(C)CC2NC(=O)C(NC(=O)C1CC1)C(C)O. The number of furan rings is 1. The van der Waals surface area contributed by atoms with Gasteiger partial charge in [-0.05, 0) is 44.6 Å². The van der Waals surface area contributed by atoms with Crippen molar-refractivity contribution in [2.24, 2.45) is 11.3 Å². The van der Waals surface area contributed by atoms with E-state index in [1.165, 1.54) is 6.92 Å². The summed E-state index contributed by atoms with van der Waals surface area (Å²) in [5.74, 6) is 1.23. The number of amides is 2. The Morgan fingerprint density at radius 3 is 2.64 bits per heavy atom. The summed E-state index contributed by atoms with van der Waals surface area (Å²) in [5.41, 5.74) is 1.01. The van der Waals surface area contributed by atoms with Gasteiger partial charge in [0, 0.05) is 17.9 Å². The van der Waals surface area contributed by atoms with Crippen LogP contribution in [0.4, 0.5) is 0 Å². The molecular formula is C19H28N2O4. The molecule has 0 bridgehead atoms. The lowest BCUT2D eigenvalue weighted by Crippen LogP contribution is -2.54. The Balaban J connectivity index is 1.74. The van der Waals surface area contributed by atoms with Crippen LogP contribution >= 0.6 is 0 Å². The summed E-state index contributed by atoms with van der Waals surface area (Å²) in [5, 5.41) is 15.7. The van der Waals surface area contributed by atoms with Gasteiger partial charge in [0.2, 0.25) is 11.8 Å². The van der Waals surface area contributed by atoms with E-state index in [1.807, 2.05) is 13.0 Å². The summed E-state index contributed by atoms with van der Waals surface area (Å²) < 4.78 is 5.80. The van der Waals surface area contributed by atoms with Crippen LogP contribution in [0.2, 0.25) is 0 Å². The van der Waals surface area contributed by atoms with Crippen LogP contribution in [-0.4, -0.2) is 29.1 Å². The van der Waals surface area contributed by atoms with E-state index in [0.717, 1.165) is 42.8 Å². The van der Waals surface area contributed by atoms with Crippen molar-refractivity contribution in [1.82, 2.24) is 10.6 Å². The maximum Gasteiger partial charge on any atom is 0.245 e. The summed E-state index contributed by atoms with van der Waals surface area (Å²) in [4.78, 5) is 24.7. The van der Waals surface area contributed by atoms with Gasteiger partial charge in [-0.3, -0.25) is 9.59 Å². The van der Waals surface area contributed by atoms with Gasteiger partial charge in [-0.1, -0.05) is 13.8 Å². The zero-order valence-electron chi connectivity index (χ0n) is 15.4. The van der Waals surface area contributed by atoms with Gasteiger partial charge < -0.3 is 20.2 Å². The predicted molar refractivity (Wildman–Crippen MR) is 92.8 cm³/mol. The van der Waals surface area contributed by atoms with E-state index >= 15 is 0 Å². The molecule has 0 aromatic carbocycles. The molecule has 3 N–H and O–H groups in total. The third-order valence-corrected chi connectivity index (χ3v) is 5.06. The molecule has 25 heavy (non-hydrogen) atoms. The molecule has 0 radical (unpaired) electrons. The van der Waals surface area contributed by atoms with Crippen LogP contribution in [0.5, 0.6) is 0 Å².